The highest BCUT2D eigenvalue weighted by Crippen LogP contribution is 2.17. The van der Waals surface area contributed by atoms with Crippen LogP contribution in [0.4, 0.5) is 0 Å². The van der Waals surface area contributed by atoms with Gasteiger partial charge >= 0.3 is 0 Å². The highest BCUT2D eigenvalue weighted by atomic mass is 16.5. The van der Waals surface area contributed by atoms with Gasteiger partial charge in [-0.2, -0.15) is 0 Å². The van der Waals surface area contributed by atoms with Crippen LogP contribution >= 0.6 is 0 Å². The van der Waals surface area contributed by atoms with E-state index < -0.39 is 6.10 Å². The molecule has 1 unspecified atom stereocenters. The molecule has 1 aromatic carbocycles. The highest BCUT2D eigenvalue weighted by Gasteiger charge is 2.07. The summed E-state index contributed by atoms with van der Waals surface area (Å²) in [4.78, 5) is 0. The zero-order valence-corrected chi connectivity index (χ0v) is 11.3. The molecule has 0 radical (unpaired) electrons. The zero-order chi connectivity index (χ0) is 13.7. The van der Waals surface area contributed by atoms with E-state index in [1.807, 2.05) is 43.6 Å². The molecule has 4 heteroatoms. The minimum atomic E-state index is -0.508. The maximum absolute atomic E-state index is 10.1. The molecule has 19 heavy (non-hydrogen) atoms. The topological polar surface area (TPSA) is 46.4 Å². The van der Waals surface area contributed by atoms with Gasteiger partial charge in [0.2, 0.25) is 0 Å². The maximum atomic E-state index is 10.1. The first kappa shape index (κ1) is 13.6. The molecule has 1 atom stereocenters. The Bertz CT molecular complexity index is 505. The third kappa shape index (κ3) is 3.59. The third-order valence-electron chi connectivity index (χ3n) is 3.20. The number of ether oxygens (including phenoxy) is 1. The number of benzene rings is 1. The van der Waals surface area contributed by atoms with Crippen molar-refractivity contribution in [3.05, 3.63) is 53.9 Å². The molecule has 0 bridgehead atoms. The number of rotatable bonds is 6. The minimum absolute atomic E-state index is 0.508. The number of aliphatic hydroxyl groups excluding tert-OH is 1. The fourth-order valence-electron chi connectivity index (χ4n) is 1.96. The standard InChI is InChI=1S/C15H20N2O2/c1-17-9-3-4-13(17)10-16-11-15(18)12-5-7-14(19-2)8-6-12/h3-9,15-16,18H,10-11H2,1-2H3. The fraction of sp³-hybridized carbons (Fsp3) is 0.333. The van der Waals surface area contributed by atoms with E-state index in [4.69, 9.17) is 4.74 Å². The maximum Gasteiger partial charge on any atom is 0.118 e. The lowest BCUT2D eigenvalue weighted by atomic mass is 10.1. The molecule has 1 heterocycles. The molecule has 0 aliphatic rings. The third-order valence-corrected chi connectivity index (χ3v) is 3.20. The Kier molecular flexibility index (Phi) is 4.60. The van der Waals surface area contributed by atoms with Gasteiger partial charge in [0.25, 0.3) is 0 Å². The van der Waals surface area contributed by atoms with Gasteiger partial charge in [-0.3, -0.25) is 0 Å². The predicted molar refractivity (Wildman–Crippen MR) is 75.1 cm³/mol. The lowest BCUT2D eigenvalue weighted by Gasteiger charge is -2.13. The molecule has 2 rings (SSSR count). The minimum Gasteiger partial charge on any atom is -0.497 e. The van der Waals surface area contributed by atoms with Gasteiger partial charge in [-0.1, -0.05) is 12.1 Å². The first-order chi connectivity index (χ1) is 9.20. The van der Waals surface area contributed by atoms with Crippen molar-refractivity contribution in [2.75, 3.05) is 13.7 Å². The SMILES string of the molecule is COc1ccc(C(O)CNCc2cccn2C)cc1. The first-order valence-corrected chi connectivity index (χ1v) is 6.33. The van der Waals surface area contributed by atoms with Crippen LogP contribution in [0.1, 0.15) is 17.4 Å². The summed E-state index contributed by atoms with van der Waals surface area (Å²) in [5.74, 6) is 0.799. The molecular weight excluding hydrogens is 240 g/mol. The van der Waals surface area contributed by atoms with Crippen molar-refractivity contribution in [1.82, 2.24) is 9.88 Å². The molecule has 0 saturated heterocycles. The van der Waals surface area contributed by atoms with Crippen LogP contribution in [-0.4, -0.2) is 23.3 Å². The van der Waals surface area contributed by atoms with Gasteiger partial charge in [-0.15, -0.1) is 0 Å². The molecule has 4 nitrogen and oxygen atoms in total. The average molecular weight is 260 g/mol. The highest BCUT2D eigenvalue weighted by molar-refractivity contribution is 5.28. The smallest absolute Gasteiger partial charge is 0.118 e. The normalized spacial score (nSPS) is 12.4. The van der Waals surface area contributed by atoms with Gasteiger partial charge in [0.05, 0.1) is 13.2 Å². The Balaban J connectivity index is 1.83. The van der Waals surface area contributed by atoms with Crippen LogP contribution in [0.2, 0.25) is 0 Å². The molecule has 0 spiro atoms. The summed E-state index contributed by atoms with van der Waals surface area (Å²) < 4.78 is 7.15. The van der Waals surface area contributed by atoms with E-state index in [1.54, 1.807) is 7.11 Å². The average Bonchev–Trinajstić information content (AvgIpc) is 2.84. The molecular formula is C15H20N2O2. The summed E-state index contributed by atoms with van der Waals surface area (Å²) in [5, 5.41) is 13.3. The van der Waals surface area contributed by atoms with E-state index in [0.29, 0.717) is 6.54 Å². The molecule has 2 aromatic rings. The first-order valence-electron chi connectivity index (χ1n) is 6.33. The molecule has 0 aliphatic heterocycles. The van der Waals surface area contributed by atoms with E-state index in [1.165, 1.54) is 5.69 Å². The van der Waals surface area contributed by atoms with Crippen LogP contribution in [-0.2, 0) is 13.6 Å². The predicted octanol–water partition coefficient (Wildman–Crippen LogP) is 1.86. The largest absolute Gasteiger partial charge is 0.497 e. The van der Waals surface area contributed by atoms with Crippen molar-refractivity contribution in [3.63, 3.8) is 0 Å². The Labute approximate surface area is 113 Å². The van der Waals surface area contributed by atoms with Crippen LogP contribution in [0.15, 0.2) is 42.6 Å². The summed E-state index contributed by atoms with van der Waals surface area (Å²) in [6.07, 6.45) is 1.50. The monoisotopic (exact) mass is 260 g/mol. The number of methoxy groups -OCH3 is 1. The van der Waals surface area contributed by atoms with Crippen molar-refractivity contribution in [1.29, 1.82) is 0 Å². The molecule has 1 aromatic heterocycles. The summed E-state index contributed by atoms with van der Waals surface area (Å²) in [6.45, 7) is 1.27. The van der Waals surface area contributed by atoms with Crippen LogP contribution in [0.5, 0.6) is 5.75 Å². The molecule has 0 amide bonds. The quantitative estimate of drug-likeness (QED) is 0.833. The van der Waals surface area contributed by atoms with E-state index >= 15 is 0 Å². The van der Waals surface area contributed by atoms with E-state index in [0.717, 1.165) is 17.9 Å². The zero-order valence-electron chi connectivity index (χ0n) is 11.3. The van der Waals surface area contributed by atoms with Crippen molar-refractivity contribution in [3.8, 4) is 5.75 Å². The van der Waals surface area contributed by atoms with E-state index in [9.17, 15) is 5.11 Å². The summed E-state index contributed by atoms with van der Waals surface area (Å²) >= 11 is 0. The van der Waals surface area contributed by atoms with Gasteiger partial charge in [-0.05, 0) is 29.8 Å². The lowest BCUT2D eigenvalue weighted by Crippen LogP contribution is -2.22. The second-order valence-corrected chi connectivity index (χ2v) is 4.53. The molecule has 0 aliphatic carbocycles. The number of aliphatic hydroxyl groups is 1. The van der Waals surface area contributed by atoms with Crippen LogP contribution < -0.4 is 10.1 Å². The molecule has 102 valence electrons. The van der Waals surface area contributed by atoms with Gasteiger partial charge in [0, 0.05) is 32.0 Å². The Morgan fingerprint density at radius 3 is 2.58 bits per heavy atom. The van der Waals surface area contributed by atoms with Gasteiger partial charge < -0.3 is 19.7 Å². The Morgan fingerprint density at radius 1 is 1.26 bits per heavy atom. The molecule has 2 N–H and O–H groups in total. The van der Waals surface area contributed by atoms with Crippen molar-refractivity contribution < 1.29 is 9.84 Å². The number of hydrogen-bond donors (Lipinski definition) is 2. The van der Waals surface area contributed by atoms with Crippen molar-refractivity contribution in [2.24, 2.45) is 7.05 Å². The second kappa shape index (κ2) is 6.41. The fourth-order valence-corrected chi connectivity index (χ4v) is 1.96. The van der Waals surface area contributed by atoms with E-state index in [2.05, 4.69) is 16.0 Å². The van der Waals surface area contributed by atoms with Crippen molar-refractivity contribution in [2.45, 2.75) is 12.6 Å². The van der Waals surface area contributed by atoms with E-state index in [-0.39, 0.29) is 0 Å². The Hall–Kier alpha value is -1.78. The molecule has 0 saturated carbocycles. The Morgan fingerprint density at radius 2 is 2.00 bits per heavy atom. The summed E-state index contributed by atoms with van der Waals surface area (Å²) in [5.41, 5.74) is 2.09. The van der Waals surface area contributed by atoms with Crippen LogP contribution in [0.25, 0.3) is 0 Å². The van der Waals surface area contributed by atoms with Crippen LogP contribution in [0, 0.1) is 0 Å². The van der Waals surface area contributed by atoms with Gasteiger partial charge in [-0.25, -0.2) is 0 Å². The lowest BCUT2D eigenvalue weighted by molar-refractivity contribution is 0.174. The van der Waals surface area contributed by atoms with Gasteiger partial charge in [0.15, 0.2) is 0 Å². The number of nitrogens with one attached hydrogen (secondary N) is 1. The second-order valence-electron chi connectivity index (χ2n) is 4.53. The number of hydrogen-bond acceptors (Lipinski definition) is 3. The number of nitrogens with zero attached hydrogens (tertiary/aromatic N) is 1. The van der Waals surface area contributed by atoms with Crippen molar-refractivity contribution >= 4 is 0 Å². The number of aromatic nitrogens is 1. The summed E-state index contributed by atoms with van der Waals surface area (Å²) in [6, 6.07) is 11.6. The van der Waals surface area contributed by atoms with Crippen LogP contribution in [0.3, 0.4) is 0 Å². The number of aryl methyl sites for hydroxylation is 1. The molecule has 0 fully saturated rings. The summed E-state index contributed by atoms with van der Waals surface area (Å²) in [7, 11) is 3.64. The van der Waals surface area contributed by atoms with Gasteiger partial charge in [0.1, 0.15) is 5.75 Å².